The minimum absolute atomic E-state index is 0. The van der Waals surface area contributed by atoms with E-state index in [4.69, 9.17) is 22.0 Å². The van der Waals surface area contributed by atoms with E-state index in [1.165, 1.54) is 12.4 Å². The van der Waals surface area contributed by atoms with Crippen molar-refractivity contribution in [2.24, 2.45) is 21.7 Å². The molecule has 2 aromatic rings. The zero-order valence-corrected chi connectivity index (χ0v) is 18.2. The van der Waals surface area contributed by atoms with Gasteiger partial charge in [0.25, 0.3) is 0 Å². The van der Waals surface area contributed by atoms with Gasteiger partial charge in [0.15, 0.2) is 0 Å². The predicted molar refractivity (Wildman–Crippen MR) is 114 cm³/mol. The third-order valence-electron chi connectivity index (χ3n) is 2.97. The monoisotopic (exact) mass is 516 g/mol. The standard InChI is InChI=1S/2C9H10N4S.Pd/c2*10-5-7-3-1-2-4-8(7)6-12-13-9(11)14;/h2*1-4,6,9,13-14H,11H2;/q;;+2/p-2/b2*12-6-;. The average molecular weight is 517 g/mol. The normalized spacial score (nSPS) is 11.9. The first-order valence-corrected chi connectivity index (χ1v) is 8.80. The van der Waals surface area contributed by atoms with Crippen molar-refractivity contribution >= 4 is 37.7 Å². The van der Waals surface area contributed by atoms with Crippen LogP contribution in [0.1, 0.15) is 22.3 Å². The first kappa shape index (κ1) is 26.6. The molecular formula is C18H18N8PdS2. The summed E-state index contributed by atoms with van der Waals surface area (Å²) in [6.45, 7) is 0. The van der Waals surface area contributed by atoms with E-state index in [0.29, 0.717) is 11.1 Å². The van der Waals surface area contributed by atoms with E-state index in [2.05, 4.69) is 58.5 Å². The fourth-order valence-corrected chi connectivity index (χ4v) is 1.91. The summed E-state index contributed by atoms with van der Waals surface area (Å²) < 4.78 is 0. The smallest absolute Gasteiger partial charge is 0.751 e. The van der Waals surface area contributed by atoms with Crippen molar-refractivity contribution < 1.29 is 20.4 Å². The number of hydrazone groups is 2. The van der Waals surface area contributed by atoms with Gasteiger partial charge >= 0.3 is 20.4 Å². The van der Waals surface area contributed by atoms with Crippen LogP contribution < -0.4 is 22.3 Å². The van der Waals surface area contributed by atoms with E-state index in [1.54, 1.807) is 36.4 Å². The zero-order valence-electron chi connectivity index (χ0n) is 15.0. The molecule has 29 heavy (non-hydrogen) atoms. The molecule has 11 heteroatoms. The summed E-state index contributed by atoms with van der Waals surface area (Å²) in [6.07, 6.45) is 3.04. The molecule has 0 saturated heterocycles. The number of hydrogen-bond donors (Lipinski definition) is 4. The molecule has 2 rings (SSSR count). The molecule has 2 aromatic carbocycles. The third kappa shape index (κ3) is 11.3. The Kier molecular flexibility index (Phi) is 14.3. The van der Waals surface area contributed by atoms with E-state index in [1.807, 2.05) is 12.1 Å². The number of benzene rings is 2. The molecule has 0 heterocycles. The van der Waals surface area contributed by atoms with Crippen LogP contribution in [0.15, 0.2) is 58.7 Å². The Morgan fingerprint density at radius 3 is 1.45 bits per heavy atom. The van der Waals surface area contributed by atoms with Gasteiger partial charge in [-0.25, -0.2) is 0 Å². The summed E-state index contributed by atoms with van der Waals surface area (Å²) in [7, 11) is 0. The largest absolute Gasteiger partial charge is 2.00 e. The van der Waals surface area contributed by atoms with Crippen molar-refractivity contribution in [3.63, 3.8) is 0 Å². The first-order chi connectivity index (χ1) is 13.5. The van der Waals surface area contributed by atoms with Gasteiger partial charge in [0.1, 0.15) is 0 Å². The van der Waals surface area contributed by atoms with Gasteiger partial charge in [-0.3, -0.25) is 0 Å². The van der Waals surface area contributed by atoms with Crippen molar-refractivity contribution in [3.8, 4) is 12.1 Å². The fraction of sp³-hybridized carbons (Fsp3) is 0.111. The Morgan fingerprint density at radius 2 is 1.14 bits per heavy atom. The van der Waals surface area contributed by atoms with Gasteiger partial charge < -0.3 is 47.6 Å². The van der Waals surface area contributed by atoms with Crippen molar-refractivity contribution in [2.75, 3.05) is 0 Å². The van der Waals surface area contributed by atoms with Gasteiger partial charge in [0.05, 0.1) is 35.7 Å². The summed E-state index contributed by atoms with van der Waals surface area (Å²) in [4.78, 5) is 0. The van der Waals surface area contributed by atoms with Gasteiger partial charge in [-0.05, 0) is 23.1 Å². The molecule has 0 amide bonds. The fourth-order valence-electron chi connectivity index (χ4n) is 1.78. The molecule has 0 radical (unpaired) electrons. The summed E-state index contributed by atoms with van der Waals surface area (Å²) in [5.41, 5.74) is 16.9. The number of nitrogens with zero attached hydrogens (tertiary/aromatic N) is 4. The Morgan fingerprint density at radius 1 is 0.793 bits per heavy atom. The van der Waals surface area contributed by atoms with Crippen LogP contribution in [0.2, 0.25) is 0 Å². The molecule has 0 aliphatic rings. The van der Waals surface area contributed by atoms with E-state index in [9.17, 15) is 0 Å². The number of rotatable bonds is 6. The van der Waals surface area contributed by atoms with Crippen molar-refractivity contribution in [2.45, 2.75) is 11.0 Å². The third-order valence-corrected chi connectivity index (χ3v) is 3.18. The van der Waals surface area contributed by atoms with E-state index < -0.39 is 11.0 Å². The predicted octanol–water partition coefficient (Wildman–Crippen LogP) is 0.539. The molecule has 2 atom stereocenters. The average Bonchev–Trinajstić information content (AvgIpc) is 2.68. The van der Waals surface area contributed by atoms with Crippen LogP contribution in [0.3, 0.4) is 0 Å². The summed E-state index contributed by atoms with van der Waals surface area (Å²) in [5, 5.41) is 25.1. The molecular weight excluding hydrogens is 499 g/mol. The molecule has 2 unspecified atom stereocenters. The molecule has 152 valence electrons. The second kappa shape index (κ2) is 15.6. The topological polar surface area (TPSA) is 148 Å². The van der Waals surface area contributed by atoms with Gasteiger partial charge in [-0.2, -0.15) is 20.7 Å². The van der Waals surface area contributed by atoms with Crippen LogP contribution in [-0.4, -0.2) is 23.4 Å². The maximum absolute atomic E-state index is 8.75. The molecule has 0 aliphatic heterocycles. The van der Waals surface area contributed by atoms with Crippen LogP contribution in [0.5, 0.6) is 0 Å². The molecule has 6 N–H and O–H groups in total. The molecule has 0 saturated carbocycles. The van der Waals surface area contributed by atoms with Crippen molar-refractivity contribution in [1.82, 2.24) is 10.9 Å². The van der Waals surface area contributed by atoms with E-state index >= 15 is 0 Å². The van der Waals surface area contributed by atoms with Crippen molar-refractivity contribution in [3.05, 3.63) is 70.8 Å². The summed E-state index contributed by atoms with van der Waals surface area (Å²) in [5.74, 6) is 0. The molecule has 0 bridgehead atoms. The van der Waals surface area contributed by atoms with E-state index in [-0.39, 0.29) is 20.4 Å². The number of nitrogens with one attached hydrogen (secondary N) is 2. The SMILES string of the molecule is N#Cc1ccccc1/C=N\NC(N)[S-].N#Cc1ccccc1/C=N\NC(N)[S-].[Pd+2]. The van der Waals surface area contributed by atoms with Crippen LogP contribution in [0, 0.1) is 22.7 Å². The second-order valence-corrected chi connectivity index (χ2v) is 6.03. The second-order valence-electron chi connectivity index (χ2n) is 5.01. The summed E-state index contributed by atoms with van der Waals surface area (Å²) in [6, 6.07) is 18.4. The molecule has 8 nitrogen and oxygen atoms in total. The van der Waals surface area contributed by atoms with Crippen LogP contribution >= 0.6 is 0 Å². The Bertz CT molecular complexity index is 814. The minimum atomic E-state index is -0.611. The van der Waals surface area contributed by atoms with Crippen LogP contribution in [0.25, 0.3) is 0 Å². The maximum Gasteiger partial charge on any atom is 2.00 e. The van der Waals surface area contributed by atoms with Gasteiger partial charge in [-0.15, -0.1) is 0 Å². The van der Waals surface area contributed by atoms with E-state index in [0.717, 1.165) is 11.1 Å². The number of nitrogens with two attached hydrogens (primary N) is 2. The number of hydrogen-bond acceptors (Lipinski definition) is 10. The Hall–Kier alpha value is -2.36. The van der Waals surface area contributed by atoms with Crippen molar-refractivity contribution in [1.29, 1.82) is 10.5 Å². The molecule has 0 spiro atoms. The molecule has 0 fully saturated rings. The molecule has 0 aromatic heterocycles. The van der Waals surface area contributed by atoms with Gasteiger partial charge in [0, 0.05) is 11.1 Å². The van der Waals surface area contributed by atoms with Gasteiger partial charge in [-0.1, -0.05) is 36.4 Å². The summed E-state index contributed by atoms with van der Waals surface area (Å²) >= 11 is 9.29. The quantitative estimate of drug-likeness (QED) is 0.143. The zero-order chi connectivity index (χ0) is 20.8. The van der Waals surface area contributed by atoms with Crippen LogP contribution in [0.4, 0.5) is 0 Å². The maximum atomic E-state index is 8.75. The van der Waals surface area contributed by atoms with Crippen LogP contribution in [-0.2, 0) is 45.7 Å². The Balaban J connectivity index is 0.000000523. The van der Waals surface area contributed by atoms with Gasteiger partial charge in [0.2, 0.25) is 0 Å². The molecule has 0 aliphatic carbocycles. The Labute approximate surface area is 194 Å². The first-order valence-electron chi connectivity index (χ1n) is 7.86. The number of nitriles is 2. The minimum Gasteiger partial charge on any atom is -0.751 e.